The highest BCUT2D eigenvalue weighted by molar-refractivity contribution is 6.17. The Bertz CT molecular complexity index is 1300. The van der Waals surface area contributed by atoms with Gasteiger partial charge in [0, 0.05) is 17.8 Å². The molecule has 0 fully saturated rings. The monoisotopic (exact) mass is 402 g/mol. The fourth-order valence-corrected chi connectivity index (χ4v) is 3.49. The van der Waals surface area contributed by atoms with Gasteiger partial charge in [0.1, 0.15) is 17.8 Å². The van der Waals surface area contributed by atoms with Crippen LogP contribution in [-0.2, 0) is 11.3 Å². The Hall–Kier alpha value is -3.74. The van der Waals surface area contributed by atoms with Crippen LogP contribution in [-0.4, -0.2) is 31.7 Å². The first kappa shape index (κ1) is 19.6. The predicted molar refractivity (Wildman–Crippen MR) is 115 cm³/mol. The fourth-order valence-electron chi connectivity index (χ4n) is 3.49. The van der Waals surface area contributed by atoms with E-state index >= 15 is 0 Å². The second-order valence-electron chi connectivity index (χ2n) is 7.28. The summed E-state index contributed by atoms with van der Waals surface area (Å²) >= 11 is 0. The van der Waals surface area contributed by atoms with Gasteiger partial charge in [-0.2, -0.15) is 0 Å². The highest BCUT2D eigenvalue weighted by Gasteiger charge is 2.23. The van der Waals surface area contributed by atoms with Crippen molar-refractivity contribution in [1.29, 1.82) is 0 Å². The summed E-state index contributed by atoms with van der Waals surface area (Å²) in [4.78, 5) is 43.1. The minimum absolute atomic E-state index is 0.0234. The lowest BCUT2D eigenvalue weighted by Crippen LogP contribution is -2.37. The van der Waals surface area contributed by atoms with Crippen LogP contribution in [0.25, 0.3) is 16.4 Å². The average Bonchev–Trinajstić information content (AvgIpc) is 3.10. The van der Waals surface area contributed by atoms with E-state index in [9.17, 15) is 14.4 Å². The van der Waals surface area contributed by atoms with Gasteiger partial charge in [-0.05, 0) is 25.5 Å². The van der Waals surface area contributed by atoms with Crippen molar-refractivity contribution < 1.29 is 9.59 Å². The van der Waals surface area contributed by atoms with Crippen LogP contribution < -0.4 is 10.9 Å². The Labute approximate surface area is 173 Å². The third-order valence-corrected chi connectivity index (χ3v) is 5.20. The molecule has 3 heterocycles. The number of rotatable bonds is 6. The number of pyridine rings is 1. The van der Waals surface area contributed by atoms with E-state index in [-0.39, 0.29) is 29.8 Å². The van der Waals surface area contributed by atoms with Gasteiger partial charge in [-0.1, -0.05) is 43.3 Å². The summed E-state index contributed by atoms with van der Waals surface area (Å²) in [5.41, 5.74) is 1.41. The summed E-state index contributed by atoms with van der Waals surface area (Å²) < 4.78 is 2.97. The Kier molecular flexibility index (Phi) is 5.18. The lowest BCUT2D eigenvalue weighted by atomic mass is 10.1. The van der Waals surface area contributed by atoms with Gasteiger partial charge in [-0.25, -0.2) is 4.98 Å². The second-order valence-corrected chi connectivity index (χ2v) is 7.28. The van der Waals surface area contributed by atoms with Gasteiger partial charge in [0.25, 0.3) is 5.56 Å². The number of carbonyl (C=O) groups is 2. The molecule has 0 aliphatic rings. The number of hydrogen-bond donors (Lipinski definition) is 1. The quantitative estimate of drug-likeness (QED) is 0.503. The molecule has 152 valence electrons. The molecule has 0 bridgehead atoms. The number of aromatic nitrogens is 3. The number of benzene rings is 1. The standard InChI is InChI=1S/C23H22N4O3/c1-3-15(2)25-18(28)13-26-14-24-20-19(23(26)30)17-11-7-8-12-27(17)21(20)22(29)16-9-5-4-6-10-16/h4-12,14-15H,3,13H2,1-2H3,(H,25,28). The molecule has 30 heavy (non-hydrogen) atoms. The molecule has 0 spiro atoms. The zero-order valence-corrected chi connectivity index (χ0v) is 16.8. The fraction of sp³-hybridized carbons (Fsp3) is 0.217. The van der Waals surface area contributed by atoms with E-state index in [1.54, 1.807) is 53.1 Å². The van der Waals surface area contributed by atoms with Crippen LogP contribution in [0.4, 0.5) is 0 Å². The molecule has 0 saturated heterocycles. The summed E-state index contributed by atoms with van der Waals surface area (Å²) in [6, 6.07) is 14.3. The number of fused-ring (bicyclic) bond motifs is 3. The summed E-state index contributed by atoms with van der Waals surface area (Å²) in [5.74, 6) is -0.470. The van der Waals surface area contributed by atoms with Crippen LogP contribution in [0.2, 0.25) is 0 Å². The Morgan fingerprint density at radius 3 is 2.57 bits per heavy atom. The lowest BCUT2D eigenvalue weighted by Gasteiger charge is -2.12. The van der Waals surface area contributed by atoms with Gasteiger partial charge in [-0.3, -0.25) is 19.0 Å². The number of nitrogens with zero attached hydrogens (tertiary/aromatic N) is 3. The molecule has 7 heteroatoms. The minimum Gasteiger partial charge on any atom is -0.352 e. The minimum atomic E-state index is -0.352. The van der Waals surface area contributed by atoms with Crippen molar-refractivity contribution in [2.24, 2.45) is 0 Å². The van der Waals surface area contributed by atoms with E-state index in [0.29, 0.717) is 27.7 Å². The molecule has 1 atom stereocenters. The molecule has 0 radical (unpaired) electrons. The molecule has 0 aliphatic carbocycles. The molecule has 1 unspecified atom stereocenters. The molecule has 4 aromatic rings. The number of carbonyl (C=O) groups excluding carboxylic acids is 2. The van der Waals surface area contributed by atoms with Crippen molar-refractivity contribution in [2.75, 3.05) is 0 Å². The van der Waals surface area contributed by atoms with Crippen molar-refractivity contribution in [2.45, 2.75) is 32.9 Å². The molecule has 0 aliphatic heterocycles. The zero-order chi connectivity index (χ0) is 21.3. The SMILES string of the molecule is CCC(C)NC(=O)Cn1cnc2c(C(=O)c3ccccc3)n3ccccc3c2c1=O. The molecular formula is C23H22N4O3. The Morgan fingerprint density at radius 1 is 1.10 bits per heavy atom. The van der Waals surface area contributed by atoms with E-state index in [4.69, 9.17) is 0 Å². The highest BCUT2D eigenvalue weighted by atomic mass is 16.2. The van der Waals surface area contributed by atoms with Gasteiger partial charge in [0.2, 0.25) is 11.7 Å². The third-order valence-electron chi connectivity index (χ3n) is 5.20. The van der Waals surface area contributed by atoms with Crippen molar-refractivity contribution >= 4 is 28.1 Å². The van der Waals surface area contributed by atoms with Gasteiger partial charge in [-0.15, -0.1) is 0 Å². The summed E-state index contributed by atoms with van der Waals surface area (Å²) in [5, 5.41) is 3.18. The number of hydrogen-bond acceptors (Lipinski definition) is 4. The first-order valence-corrected chi connectivity index (χ1v) is 9.88. The van der Waals surface area contributed by atoms with E-state index < -0.39 is 0 Å². The summed E-state index contributed by atoms with van der Waals surface area (Å²) in [6.45, 7) is 3.76. The molecular weight excluding hydrogens is 380 g/mol. The normalized spacial score (nSPS) is 12.2. The van der Waals surface area contributed by atoms with Crippen LogP contribution in [0, 0.1) is 0 Å². The van der Waals surface area contributed by atoms with Crippen molar-refractivity contribution in [3.63, 3.8) is 0 Å². The van der Waals surface area contributed by atoms with Gasteiger partial charge < -0.3 is 9.72 Å². The predicted octanol–water partition coefficient (Wildman–Crippen LogP) is 2.79. The molecule has 4 rings (SSSR count). The average molecular weight is 402 g/mol. The highest BCUT2D eigenvalue weighted by Crippen LogP contribution is 2.24. The number of amides is 1. The first-order valence-electron chi connectivity index (χ1n) is 9.88. The molecule has 0 saturated carbocycles. The maximum atomic E-state index is 13.2. The van der Waals surface area contributed by atoms with E-state index in [1.165, 1.54) is 10.9 Å². The third kappa shape index (κ3) is 3.39. The molecule has 1 aromatic carbocycles. The second kappa shape index (κ2) is 7.94. The Morgan fingerprint density at radius 2 is 1.83 bits per heavy atom. The zero-order valence-electron chi connectivity index (χ0n) is 16.8. The van der Waals surface area contributed by atoms with E-state index in [1.807, 2.05) is 19.9 Å². The van der Waals surface area contributed by atoms with E-state index in [0.717, 1.165) is 6.42 Å². The van der Waals surface area contributed by atoms with Crippen molar-refractivity contribution in [3.05, 3.63) is 82.7 Å². The van der Waals surface area contributed by atoms with Gasteiger partial charge in [0.15, 0.2) is 0 Å². The molecule has 1 amide bonds. The maximum Gasteiger partial charge on any atom is 0.263 e. The Balaban J connectivity index is 1.87. The van der Waals surface area contributed by atoms with Gasteiger partial charge >= 0.3 is 0 Å². The lowest BCUT2D eigenvalue weighted by molar-refractivity contribution is -0.122. The van der Waals surface area contributed by atoms with Crippen LogP contribution in [0.15, 0.2) is 65.8 Å². The maximum absolute atomic E-state index is 13.2. The number of nitrogens with one attached hydrogen (secondary N) is 1. The number of ketones is 1. The van der Waals surface area contributed by atoms with Crippen molar-refractivity contribution in [1.82, 2.24) is 19.3 Å². The van der Waals surface area contributed by atoms with Crippen LogP contribution in [0.3, 0.4) is 0 Å². The van der Waals surface area contributed by atoms with Crippen LogP contribution in [0.5, 0.6) is 0 Å². The largest absolute Gasteiger partial charge is 0.352 e. The van der Waals surface area contributed by atoms with Crippen LogP contribution in [0.1, 0.15) is 36.3 Å². The molecule has 3 aromatic heterocycles. The van der Waals surface area contributed by atoms with Gasteiger partial charge in [0.05, 0.1) is 17.2 Å². The summed E-state index contributed by atoms with van der Waals surface area (Å²) in [7, 11) is 0. The smallest absolute Gasteiger partial charge is 0.263 e. The summed E-state index contributed by atoms with van der Waals surface area (Å²) in [6.07, 6.45) is 3.88. The first-order chi connectivity index (χ1) is 14.5. The topological polar surface area (TPSA) is 85.5 Å². The van der Waals surface area contributed by atoms with Crippen molar-refractivity contribution in [3.8, 4) is 0 Å². The van der Waals surface area contributed by atoms with Crippen LogP contribution >= 0.6 is 0 Å². The molecule has 7 nitrogen and oxygen atoms in total. The molecule has 1 N–H and O–H groups in total. The van der Waals surface area contributed by atoms with E-state index in [2.05, 4.69) is 10.3 Å².